The van der Waals surface area contributed by atoms with Gasteiger partial charge < -0.3 is 9.05 Å². The molecule has 134 valence electrons. The van der Waals surface area contributed by atoms with Crippen molar-refractivity contribution in [3.63, 3.8) is 0 Å². The number of nitrogens with two attached hydrogens (primary N) is 2. The first kappa shape index (κ1) is 18.6. The van der Waals surface area contributed by atoms with E-state index in [9.17, 15) is 4.57 Å². The molecular formula is C10H19N8O5P. The smallest absolute Gasteiger partial charge is 0.311 e. The van der Waals surface area contributed by atoms with Crippen LogP contribution in [0.1, 0.15) is 36.7 Å². The van der Waals surface area contributed by atoms with E-state index in [0.29, 0.717) is 24.5 Å². The summed E-state index contributed by atoms with van der Waals surface area (Å²) in [5.74, 6) is 11.1. The summed E-state index contributed by atoms with van der Waals surface area (Å²) in [4.78, 5) is 17.3. The summed E-state index contributed by atoms with van der Waals surface area (Å²) in [7, 11) is -2.67. The summed E-state index contributed by atoms with van der Waals surface area (Å²) >= 11 is 0. The molecule has 2 atom stereocenters. The number of rotatable bonds is 12. The van der Waals surface area contributed by atoms with Crippen LogP contribution in [0.5, 0.6) is 0 Å². The van der Waals surface area contributed by atoms with E-state index in [-0.39, 0.29) is 13.2 Å². The number of H-pyrrole nitrogens is 2. The Morgan fingerprint density at radius 1 is 0.958 bits per heavy atom. The molecule has 2 aromatic rings. The zero-order valence-corrected chi connectivity index (χ0v) is 13.6. The molecule has 0 saturated heterocycles. The predicted octanol–water partition coefficient (Wildman–Crippen LogP) is -0.311. The van der Waals surface area contributed by atoms with Crippen molar-refractivity contribution in [1.82, 2.24) is 30.4 Å². The van der Waals surface area contributed by atoms with E-state index in [1.165, 1.54) is 12.7 Å². The molecule has 0 aliphatic rings. The fourth-order valence-corrected chi connectivity index (χ4v) is 2.46. The van der Waals surface area contributed by atoms with Gasteiger partial charge in [0.25, 0.3) is 0 Å². The highest BCUT2D eigenvalue weighted by Crippen LogP contribution is 2.27. The summed E-state index contributed by atoms with van der Waals surface area (Å²) in [6.45, 7) is 0.206. The van der Waals surface area contributed by atoms with E-state index < -0.39 is 20.5 Å². The average Bonchev–Trinajstić information content (AvgIpc) is 3.29. The lowest BCUT2D eigenvalue weighted by molar-refractivity contribution is 0.0254. The molecule has 0 amide bonds. The van der Waals surface area contributed by atoms with Gasteiger partial charge in [-0.15, -0.1) is 0 Å². The SMILES string of the molecule is NOC(CCO[PH](=O)OCCC(ON)c1nc[nH]n1)c1nc[nH]n1. The molecule has 14 heteroatoms. The van der Waals surface area contributed by atoms with E-state index >= 15 is 0 Å². The molecule has 0 aliphatic heterocycles. The Morgan fingerprint density at radius 2 is 1.42 bits per heavy atom. The molecule has 0 spiro atoms. The second kappa shape index (κ2) is 10.2. The third kappa shape index (κ3) is 5.72. The Hall–Kier alpha value is -1.73. The number of nitrogens with zero attached hydrogens (tertiary/aromatic N) is 4. The summed E-state index contributed by atoms with van der Waals surface area (Å²) in [6.07, 6.45) is 2.31. The van der Waals surface area contributed by atoms with E-state index in [1.54, 1.807) is 0 Å². The standard InChI is InChI=1S/C10H19N8O5P/c11-22-7(9-13-5-15-17-9)1-3-20-24(19)21-4-2-8(23-12)10-14-6-16-18-10/h5-8,24H,1-4,11-12H2,(H,13,15,17)(H,14,16,18). The van der Waals surface area contributed by atoms with Gasteiger partial charge >= 0.3 is 8.25 Å². The topological polar surface area (TPSA) is 189 Å². The summed E-state index contributed by atoms with van der Waals surface area (Å²) in [5, 5.41) is 12.8. The molecule has 0 fully saturated rings. The lowest BCUT2D eigenvalue weighted by Crippen LogP contribution is -2.13. The van der Waals surface area contributed by atoms with Gasteiger partial charge in [-0.3, -0.25) is 24.4 Å². The molecule has 0 aliphatic carbocycles. The maximum absolute atomic E-state index is 11.7. The van der Waals surface area contributed by atoms with E-state index in [2.05, 4.69) is 30.4 Å². The Morgan fingerprint density at radius 3 is 1.75 bits per heavy atom. The van der Waals surface area contributed by atoms with Crippen molar-refractivity contribution in [3.05, 3.63) is 24.3 Å². The fourth-order valence-electron chi connectivity index (χ4n) is 1.80. The Labute approximate surface area is 137 Å². The molecule has 0 bridgehead atoms. The Kier molecular flexibility index (Phi) is 7.91. The molecular weight excluding hydrogens is 343 g/mol. The van der Waals surface area contributed by atoms with Gasteiger partial charge in [0.05, 0.1) is 13.2 Å². The fraction of sp³-hybridized carbons (Fsp3) is 0.600. The van der Waals surface area contributed by atoms with Gasteiger partial charge in [-0.25, -0.2) is 21.8 Å². The number of nitrogens with one attached hydrogen (secondary N) is 2. The van der Waals surface area contributed by atoms with Gasteiger partial charge in [0, 0.05) is 12.8 Å². The van der Waals surface area contributed by atoms with Gasteiger partial charge in [-0.1, -0.05) is 0 Å². The molecule has 6 N–H and O–H groups in total. The minimum absolute atomic E-state index is 0.103. The minimum Gasteiger partial charge on any atom is -0.311 e. The monoisotopic (exact) mass is 362 g/mol. The molecule has 0 radical (unpaired) electrons. The lowest BCUT2D eigenvalue weighted by atomic mass is 10.2. The van der Waals surface area contributed by atoms with Crippen molar-refractivity contribution in [2.24, 2.45) is 11.8 Å². The number of hydrogen-bond acceptors (Lipinski definition) is 11. The van der Waals surface area contributed by atoms with Gasteiger partial charge in [0.1, 0.15) is 24.9 Å². The average molecular weight is 362 g/mol. The first-order chi connectivity index (χ1) is 11.7. The summed E-state index contributed by atoms with van der Waals surface area (Å²) in [6, 6.07) is 0. The van der Waals surface area contributed by atoms with E-state index in [0.717, 1.165) is 0 Å². The van der Waals surface area contributed by atoms with Crippen molar-refractivity contribution in [1.29, 1.82) is 0 Å². The highest BCUT2D eigenvalue weighted by atomic mass is 31.1. The number of hydrogen-bond donors (Lipinski definition) is 4. The van der Waals surface area contributed by atoms with E-state index in [1.807, 2.05) is 0 Å². The lowest BCUT2D eigenvalue weighted by Gasteiger charge is -2.12. The second-order valence-electron chi connectivity index (χ2n) is 4.49. The summed E-state index contributed by atoms with van der Waals surface area (Å²) in [5.41, 5.74) is 0. The maximum Gasteiger partial charge on any atom is 0.319 e. The molecule has 0 aromatic carbocycles. The van der Waals surface area contributed by atoms with Gasteiger partial charge in [-0.2, -0.15) is 10.2 Å². The van der Waals surface area contributed by atoms with Crippen LogP contribution in [0.3, 0.4) is 0 Å². The van der Waals surface area contributed by atoms with Crippen LogP contribution in [0.25, 0.3) is 0 Å². The van der Waals surface area contributed by atoms with Crippen molar-refractivity contribution < 1.29 is 23.3 Å². The summed E-state index contributed by atoms with van der Waals surface area (Å²) < 4.78 is 21.9. The minimum atomic E-state index is -2.67. The third-order valence-electron chi connectivity index (χ3n) is 2.97. The number of aromatic nitrogens is 6. The Bertz CT molecular complexity index is 532. The zero-order chi connectivity index (χ0) is 17.2. The molecule has 2 aromatic heterocycles. The van der Waals surface area contributed by atoms with Crippen LogP contribution in [-0.4, -0.2) is 43.6 Å². The van der Waals surface area contributed by atoms with Crippen LogP contribution in [0.2, 0.25) is 0 Å². The molecule has 13 nitrogen and oxygen atoms in total. The maximum atomic E-state index is 11.7. The van der Waals surface area contributed by atoms with Crippen LogP contribution in [0.4, 0.5) is 0 Å². The normalized spacial score (nSPS) is 15.2. The van der Waals surface area contributed by atoms with Crippen molar-refractivity contribution in [3.8, 4) is 0 Å². The highest BCUT2D eigenvalue weighted by Gasteiger charge is 2.17. The highest BCUT2D eigenvalue weighted by molar-refractivity contribution is 7.33. The van der Waals surface area contributed by atoms with Crippen LogP contribution >= 0.6 is 8.25 Å². The first-order valence-electron chi connectivity index (χ1n) is 6.96. The second-order valence-corrected chi connectivity index (χ2v) is 5.57. The molecule has 2 unspecified atom stereocenters. The molecule has 2 rings (SSSR count). The van der Waals surface area contributed by atoms with Gasteiger partial charge in [0.15, 0.2) is 11.6 Å². The third-order valence-corrected chi connectivity index (χ3v) is 3.85. The quantitative estimate of drug-likeness (QED) is 0.286. The van der Waals surface area contributed by atoms with Crippen LogP contribution < -0.4 is 11.8 Å². The first-order valence-corrected chi connectivity index (χ1v) is 8.19. The van der Waals surface area contributed by atoms with Crippen molar-refractivity contribution in [2.75, 3.05) is 13.2 Å². The Balaban J connectivity index is 1.63. The van der Waals surface area contributed by atoms with E-state index in [4.69, 9.17) is 30.5 Å². The van der Waals surface area contributed by atoms with Gasteiger partial charge in [-0.05, 0) is 0 Å². The van der Waals surface area contributed by atoms with Crippen molar-refractivity contribution in [2.45, 2.75) is 25.0 Å². The van der Waals surface area contributed by atoms with Crippen LogP contribution in [0, 0.1) is 0 Å². The predicted molar refractivity (Wildman–Crippen MR) is 78.9 cm³/mol. The molecule has 24 heavy (non-hydrogen) atoms. The largest absolute Gasteiger partial charge is 0.319 e. The number of aromatic amines is 2. The zero-order valence-electron chi connectivity index (χ0n) is 12.6. The molecule has 0 saturated carbocycles. The van der Waals surface area contributed by atoms with Crippen LogP contribution in [-0.2, 0) is 23.3 Å². The van der Waals surface area contributed by atoms with Crippen LogP contribution in [0.15, 0.2) is 12.7 Å². The van der Waals surface area contributed by atoms with Crippen molar-refractivity contribution >= 4 is 8.25 Å². The molecule has 2 heterocycles. The van der Waals surface area contributed by atoms with Gasteiger partial charge in [0.2, 0.25) is 0 Å².